The van der Waals surface area contributed by atoms with E-state index in [0.717, 1.165) is 17.0 Å². The maximum absolute atomic E-state index is 11.9. The van der Waals surface area contributed by atoms with Crippen LogP contribution in [-0.4, -0.2) is 38.2 Å². The number of H-pyrrole nitrogens is 1. The first-order chi connectivity index (χ1) is 8.09. The van der Waals surface area contributed by atoms with E-state index in [0.29, 0.717) is 6.54 Å². The molecule has 90 valence electrons. The Bertz CT molecular complexity index is 497. The number of amides is 1. The van der Waals surface area contributed by atoms with Crippen molar-refractivity contribution in [3.05, 3.63) is 29.2 Å². The molecule has 0 aliphatic heterocycles. The lowest BCUT2D eigenvalue weighted by molar-refractivity contribution is 0.0773. The molecule has 1 amide bonds. The highest BCUT2D eigenvalue weighted by atomic mass is 16.5. The van der Waals surface area contributed by atoms with Crippen molar-refractivity contribution in [1.82, 2.24) is 25.2 Å². The summed E-state index contributed by atoms with van der Waals surface area (Å²) in [6.45, 7) is 4.10. The van der Waals surface area contributed by atoms with Crippen LogP contribution in [0.15, 0.2) is 10.9 Å². The van der Waals surface area contributed by atoms with E-state index >= 15 is 0 Å². The number of carbonyl (C=O) groups excluding carboxylic acids is 1. The normalized spacial score (nSPS) is 10.5. The molecule has 0 unspecified atom stereocenters. The van der Waals surface area contributed by atoms with E-state index in [2.05, 4.69) is 20.3 Å². The molecule has 7 nitrogen and oxygen atoms in total. The lowest BCUT2D eigenvalue weighted by atomic mass is 10.2. The number of aromatic amines is 1. The van der Waals surface area contributed by atoms with Gasteiger partial charge in [-0.1, -0.05) is 5.16 Å². The van der Waals surface area contributed by atoms with Crippen LogP contribution >= 0.6 is 0 Å². The third kappa shape index (κ3) is 2.17. The number of aromatic nitrogens is 4. The van der Waals surface area contributed by atoms with E-state index in [-0.39, 0.29) is 11.7 Å². The molecule has 2 aromatic heterocycles. The Morgan fingerprint density at radius 1 is 1.53 bits per heavy atom. The maximum atomic E-state index is 11.9. The van der Waals surface area contributed by atoms with Gasteiger partial charge < -0.3 is 9.42 Å². The van der Waals surface area contributed by atoms with Gasteiger partial charge in [0.2, 0.25) is 5.82 Å². The minimum Gasteiger partial charge on any atom is -0.361 e. The number of hydrogen-bond donors (Lipinski definition) is 1. The van der Waals surface area contributed by atoms with E-state index in [4.69, 9.17) is 4.52 Å². The van der Waals surface area contributed by atoms with Crippen molar-refractivity contribution >= 4 is 5.91 Å². The second-order valence-electron chi connectivity index (χ2n) is 3.80. The molecule has 2 aromatic rings. The molecule has 0 bridgehead atoms. The fraction of sp³-hybridized carbons (Fsp3) is 0.400. The van der Waals surface area contributed by atoms with Crippen LogP contribution in [0.25, 0.3) is 0 Å². The van der Waals surface area contributed by atoms with Crippen molar-refractivity contribution in [2.24, 2.45) is 0 Å². The predicted octanol–water partition coefficient (Wildman–Crippen LogP) is 0.682. The smallest absolute Gasteiger partial charge is 0.291 e. The molecule has 0 aliphatic carbocycles. The third-order valence-corrected chi connectivity index (χ3v) is 2.54. The van der Waals surface area contributed by atoms with Crippen molar-refractivity contribution < 1.29 is 9.32 Å². The number of rotatable bonds is 3. The first-order valence-corrected chi connectivity index (χ1v) is 5.12. The van der Waals surface area contributed by atoms with Crippen LogP contribution in [-0.2, 0) is 6.54 Å². The zero-order chi connectivity index (χ0) is 12.4. The molecule has 2 heterocycles. The number of nitrogens with zero attached hydrogens (tertiary/aromatic N) is 4. The van der Waals surface area contributed by atoms with E-state index in [1.807, 2.05) is 13.8 Å². The molecular weight excluding hydrogens is 222 g/mol. The Morgan fingerprint density at radius 3 is 2.82 bits per heavy atom. The highest BCUT2D eigenvalue weighted by molar-refractivity contribution is 5.90. The van der Waals surface area contributed by atoms with E-state index < -0.39 is 0 Å². The summed E-state index contributed by atoms with van der Waals surface area (Å²) in [6, 6.07) is 0. The number of carbonyl (C=O) groups is 1. The van der Waals surface area contributed by atoms with Gasteiger partial charge in [0.05, 0.1) is 12.2 Å². The quantitative estimate of drug-likeness (QED) is 0.845. The van der Waals surface area contributed by atoms with Crippen molar-refractivity contribution in [2.45, 2.75) is 20.4 Å². The first-order valence-electron chi connectivity index (χ1n) is 5.12. The van der Waals surface area contributed by atoms with Crippen LogP contribution in [0.4, 0.5) is 0 Å². The van der Waals surface area contributed by atoms with Gasteiger partial charge in [-0.3, -0.25) is 9.89 Å². The molecule has 0 atom stereocenters. The van der Waals surface area contributed by atoms with Gasteiger partial charge in [0, 0.05) is 12.6 Å². The Hall–Kier alpha value is -2.18. The largest absolute Gasteiger partial charge is 0.361 e. The summed E-state index contributed by atoms with van der Waals surface area (Å²) in [7, 11) is 1.69. The predicted molar refractivity (Wildman–Crippen MR) is 58.2 cm³/mol. The number of hydrogen-bond acceptors (Lipinski definition) is 5. The molecule has 0 saturated heterocycles. The van der Waals surface area contributed by atoms with Gasteiger partial charge in [0.1, 0.15) is 12.1 Å². The van der Waals surface area contributed by atoms with Gasteiger partial charge in [-0.2, -0.15) is 5.10 Å². The zero-order valence-corrected chi connectivity index (χ0v) is 9.89. The molecule has 0 saturated carbocycles. The fourth-order valence-corrected chi connectivity index (χ4v) is 1.53. The molecular formula is C10H13N5O2. The van der Waals surface area contributed by atoms with Crippen LogP contribution < -0.4 is 0 Å². The molecule has 0 aliphatic rings. The van der Waals surface area contributed by atoms with Gasteiger partial charge in [0.25, 0.3) is 5.91 Å². The second-order valence-corrected chi connectivity index (χ2v) is 3.80. The van der Waals surface area contributed by atoms with Gasteiger partial charge in [-0.15, -0.1) is 0 Å². The molecule has 1 N–H and O–H groups in total. The molecule has 7 heteroatoms. The topological polar surface area (TPSA) is 87.9 Å². The Morgan fingerprint density at radius 2 is 2.29 bits per heavy atom. The monoisotopic (exact) mass is 235 g/mol. The second kappa shape index (κ2) is 4.36. The molecule has 0 spiro atoms. The minimum atomic E-state index is -0.220. The zero-order valence-electron chi connectivity index (χ0n) is 9.89. The fourth-order valence-electron chi connectivity index (χ4n) is 1.53. The maximum Gasteiger partial charge on any atom is 0.291 e. The summed E-state index contributed by atoms with van der Waals surface area (Å²) in [6.07, 6.45) is 1.30. The Balaban J connectivity index is 2.12. The van der Waals surface area contributed by atoms with E-state index in [9.17, 15) is 4.79 Å². The van der Waals surface area contributed by atoms with Crippen molar-refractivity contribution in [3.8, 4) is 0 Å². The summed E-state index contributed by atoms with van der Waals surface area (Å²) >= 11 is 0. The highest BCUT2D eigenvalue weighted by Gasteiger charge is 2.18. The molecule has 2 rings (SSSR count). The summed E-state index contributed by atoms with van der Waals surface area (Å²) in [5, 5.41) is 10.0. The van der Waals surface area contributed by atoms with Crippen molar-refractivity contribution in [1.29, 1.82) is 0 Å². The van der Waals surface area contributed by atoms with Crippen molar-refractivity contribution in [2.75, 3.05) is 7.05 Å². The van der Waals surface area contributed by atoms with Crippen LogP contribution in [0.2, 0.25) is 0 Å². The van der Waals surface area contributed by atoms with Crippen LogP contribution in [0.3, 0.4) is 0 Å². The van der Waals surface area contributed by atoms with Gasteiger partial charge in [0.15, 0.2) is 0 Å². The molecule has 0 fully saturated rings. The van der Waals surface area contributed by atoms with Crippen molar-refractivity contribution in [3.63, 3.8) is 0 Å². The Kier molecular flexibility index (Phi) is 2.90. The standard InChI is InChI=1S/C10H13N5O2/c1-6-8(7(2)17-14-6)4-15(3)10(16)9-11-5-12-13-9/h5H,4H2,1-3H3,(H,11,12,13). The number of aryl methyl sites for hydroxylation is 2. The average molecular weight is 235 g/mol. The lowest BCUT2D eigenvalue weighted by Gasteiger charge is -2.14. The number of nitrogens with one attached hydrogen (secondary N) is 1. The van der Waals surface area contributed by atoms with Crippen LogP contribution in [0.1, 0.15) is 27.6 Å². The van der Waals surface area contributed by atoms with Gasteiger partial charge in [-0.05, 0) is 13.8 Å². The third-order valence-electron chi connectivity index (χ3n) is 2.54. The van der Waals surface area contributed by atoms with Gasteiger partial charge in [-0.25, -0.2) is 4.98 Å². The summed E-state index contributed by atoms with van der Waals surface area (Å²) in [5.41, 5.74) is 1.71. The van der Waals surface area contributed by atoms with Crippen LogP contribution in [0.5, 0.6) is 0 Å². The Labute approximate surface area is 97.8 Å². The SMILES string of the molecule is Cc1noc(C)c1CN(C)C(=O)c1ncn[nH]1. The molecule has 17 heavy (non-hydrogen) atoms. The van der Waals surface area contributed by atoms with Crippen LogP contribution in [0, 0.1) is 13.8 Å². The summed E-state index contributed by atoms with van der Waals surface area (Å²) < 4.78 is 5.04. The van der Waals surface area contributed by atoms with E-state index in [1.54, 1.807) is 7.05 Å². The molecule has 0 radical (unpaired) electrons. The lowest BCUT2D eigenvalue weighted by Crippen LogP contribution is -2.27. The minimum absolute atomic E-state index is 0.220. The highest BCUT2D eigenvalue weighted by Crippen LogP contribution is 2.14. The van der Waals surface area contributed by atoms with Gasteiger partial charge >= 0.3 is 0 Å². The summed E-state index contributed by atoms with van der Waals surface area (Å²) in [5.74, 6) is 0.724. The van der Waals surface area contributed by atoms with E-state index in [1.165, 1.54) is 11.2 Å². The molecule has 0 aromatic carbocycles. The summed E-state index contributed by atoms with van der Waals surface area (Å²) in [4.78, 5) is 17.2. The first kappa shape index (κ1) is 11.3. The average Bonchev–Trinajstić information content (AvgIpc) is 2.93.